The number of anilines is 1. The van der Waals surface area contributed by atoms with Crippen LogP contribution in [-0.4, -0.2) is 22.8 Å². The van der Waals surface area contributed by atoms with Crippen molar-refractivity contribution in [2.75, 3.05) is 11.9 Å². The van der Waals surface area contributed by atoms with Crippen molar-refractivity contribution >= 4 is 6.01 Å². The van der Waals surface area contributed by atoms with Crippen molar-refractivity contribution in [2.45, 2.75) is 59.0 Å². The maximum absolute atomic E-state index is 5.62. The SMILES string of the molecule is CC(C)CNCc1nnc(NC2CCCCC2C)o1. The van der Waals surface area contributed by atoms with Gasteiger partial charge in [0.05, 0.1) is 6.54 Å². The Labute approximate surface area is 115 Å². The zero-order valence-corrected chi connectivity index (χ0v) is 12.3. The number of nitrogens with one attached hydrogen (secondary N) is 2. The molecule has 1 aliphatic carbocycles. The van der Waals surface area contributed by atoms with Crippen LogP contribution in [0.1, 0.15) is 52.3 Å². The van der Waals surface area contributed by atoms with Gasteiger partial charge >= 0.3 is 6.01 Å². The van der Waals surface area contributed by atoms with Gasteiger partial charge in [-0.3, -0.25) is 0 Å². The molecule has 1 fully saturated rings. The molecule has 0 aromatic carbocycles. The highest BCUT2D eigenvalue weighted by atomic mass is 16.4. The summed E-state index contributed by atoms with van der Waals surface area (Å²) in [5, 5.41) is 14.8. The van der Waals surface area contributed by atoms with Crippen molar-refractivity contribution in [2.24, 2.45) is 11.8 Å². The molecule has 2 rings (SSSR count). The Morgan fingerprint density at radius 1 is 1.26 bits per heavy atom. The summed E-state index contributed by atoms with van der Waals surface area (Å²) < 4.78 is 5.62. The highest BCUT2D eigenvalue weighted by molar-refractivity contribution is 5.20. The van der Waals surface area contributed by atoms with E-state index in [9.17, 15) is 0 Å². The van der Waals surface area contributed by atoms with E-state index in [1.165, 1.54) is 25.7 Å². The summed E-state index contributed by atoms with van der Waals surface area (Å²) in [6.45, 7) is 8.26. The average Bonchev–Trinajstić information content (AvgIpc) is 2.79. The number of nitrogens with zero attached hydrogens (tertiary/aromatic N) is 2. The monoisotopic (exact) mass is 266 g/mol. The first kappa shape index (κ1) is 14.3. The Morgan fingerprint density at radius 2 is 2.05 bits per heavy atom. The lowest BCUT2D eigenvalue weighted by Gasteiger charge is -2.28. The molecule has 1 saturated carbocycles. The van der Waals surface area contributed by atoms with Gasteiger partial charge in [0.1, 0.15) is 0 Å². The molecule has 5 nitrogen and oxygen atoms in total. The minimum atomic E-state index is 0.477. The van der Waals surface area contributed by atoms with E-state index in [1.54, 1.807) is 0 Å². The Hall–Kier alpha value is -1.10. The fourth-order valence-electron chi connectivity index (χ4n) is 2.54. The average molecular weight is 266 g/mol. The van der Waals surface area contributed by atoms with Gasteiger partial charge in [0.15, 0.2) is 0 Å². The third-order valence-electron chi connectivity index (χ3n) is 3.72. The van der Waals surface area contributed by atoms with Crippen molar-refractivity contribution in [1.82, 2.24) is 15.5 Å². The van der Waals surface area contributed by atoms with E-state index in [-0.39, 0.29) is 0 Å². The van der Waals surface area contributed by atoms with Crippen molar-refractivity contribution in [3.63, 3.8) is 0 Å². The molecule has 0 saturated heterocycles. The van der Waals surface area contributed by atoms with Crippen LogP contribution in [-0.2, 0) is 6.54 Å². The summed E-state index contributed by atoms with van der Waals surface area (Å²) in [5.41, 5.74) is 0. The van der Waals surface area contributed by atoms with Gasteiger partial charge in [-0.25, -0.2) is 0 Å². The lowest BCUT2D eigenvalue weighted by atomic mass is 9.86. The molecule has 1 aliphatic rings. The zero-order valence-electron chi connectivity index (χ0n) is 12.3. The van der Waals surface area contributed by atoms with Crippen LogP contribution >= 0.6 is 0 Å². The van der Waals surface area contributed by atoms with Crippen LogP contribution in [0.5, 0.6) is 0 Å². The lowest BCUT2D eigenvalue weighted by Crippen LogP contribution is -2.30. The molecule has 0 aliphatic heterocycles. The van der Waals surface area contributed by atoms with E-state index in [0.717, 1.165) is 6.54 Å². The molecule has 0 spiro atoms. The number of rotatable bonds is 6. The van der Waals surface area contributed by atoms with Gasteiger partial charge in [0, 0.05) is 6.04 Å². The first-order chi connectivity index (χ1) is 9.15. The first-order valence-electron chi connectivity index (χ1n) is 7.44. The number of aromatic nitrogens is 2. The molecule has 2 unspecified atom stereocenters. The summed E-state index contributed by atoms with van der Waals surface area (Å²) in [5.74, 6) is 1.97. The van der Waals surface area contributed by atoms with Gasteiger partial charge in [-0.1, -0.05) is 38.7 Å². The molecule has 5 heteroatoms. The minimum Gasteiger partial charge on any atom is -0.407 e. The van der Waals surface area contributed by atoms with Gasteiger partial charge in [-0.15, -0.1) is 5.10 Å². The Morgan fingerprint density at radius 3 is 2.79 bits per heavy atom. The molecule has 1 heterocycles. The number of hydrogen-bond acceptors (Lipinski definition) is 5. The minimum absolute atomic E-state index is 0.477. The Bertz CT molecular complexity index is 377. The highest BCUT2D eigenvalue weighted by Gasteiger charge is 2.22. The number of hydrogen-bond donors (Lipinski definition) is 2. The molecule has 2 atom stereocenters. The summed E-state index contributed by atoms with van der Waals surface area (Å²) in [4.78, 5) is 0. The van der Waals surface area contributed by atoms with Crippen LogP contribution in [0, 0.1) is 11.8 Å². The van der Waals surface area contributed by atoms with E-state index in [4.69, 9.17) is 4.42 Å². The fraction of sp³-hybridized carbons (Fsp3) is 0.857. The van der Waals surface area contributed by atoms with Gasteiger partial charge in [0.25, 0.3) is 0 Å². The first-order valence-corrected chi connectivity index (χ1v) is 7.44. The van der Waals surface area contributed by atoms with Gasteiger partial charge < -0.3 is 15.1 Å². The quantitative estimate of drug-likeness (QED) is 0.829. The fourth-order valence-corrected chi connectivity index (χ4v) is 2.54. The smallest absolute Gasteiger partial charge is 0.315 e. The summed E-state index contributed by atoms with van der Waals surface area (Å²) in [6, 6.07) is 1.05. The molecule has 0 radical (unpaired) electrons. The highest BCUT2D eigenvalue weighted by Crippen LogP contribution is 2.26. The van der Waals surface area contributed by atoms with E-state index in [0.29, 0.717) is 36.3 Å². The van der Waals surface area contributed by atoms with E-state index in [1.807, 2.05) is 0 Å². The zero-order chi connectivity index (χ0) is 13.7. The topological polar surface area (TPSA) is 63.0 Å². The van der Waals surface area contributed by atoms with Gasteiger partial charge in [0.2, 0.25) is 5.89 Å². The third-order valence-corrected chi connectivity index (χ3v) is 3.72. The summed E-state index contributed by atoms with van der Waals surface area (Å²) >= 11 is 0. The molecule has 1 aromatic rings. The lowest BCUT2D eigenvalue weighted by molar-refractivity contribution is 0.341. The normalized spacial score (nSPS) is 23.8. The van der Waals surface area contributed by atoms with Crippen LogP contribution in [0.15, 0.2) is 4.42 Å². The summed E-state index contributed by atoms with van der Waals surface area (Å²) in [6.07, 6.45) is 5.12. The molecule has 1 aromatic heterocycles. The second kappa shape index (κ2) is 6.89. The maximum atomic E-state index is 5.62. The molecule has 19 heavy (non-hydrogen) atoms. The van der Waals surface area contributed by atoms with E-state index in [2.05, 4.69) is 41.6 Å². The van der Waals surface area contributed by atoms with Gasteiger partial charge in [-0.2, -0.15) is 0 Å². The predicted molar refractivity (Wildman–Crippen MR) is 75.9 cm³/mol. The third kappa shape index (κ3) is 4.49. The Balaban J connectivity index is 1.79. The molecular weight excluding hydrogens is 240 g/mol. The largest absolute Gasteiger partial charge is 0.407 e. The molecule has 0 bridgehead atoms. The van der Waals surface area contributed by atoms with Crippen LogP contribution in [0.3, 0.4) is 0 Å². The van der Waals surface area contributed by atoms with Gasteiger partial charge in [-0.05, 0) is 31.2 Å². The van der Waals surface area contributed by atoms with E-state index < -0.39 is 0 Å². The van der Waals surface area contributed by atoms with Crippen LogP contribution < -0.4 is 10.6 Å². The van der Waals surface area contributed by atoms with Crippen molar-refractivity contribution in [3.05, 3.63) is 5.89 Å². The van der Waals surface area contributed by atoms with Crippen molar-refractivity contribution in [1.29, 1.82) is 0 Å². The molecule has 108 valence electrons. The van der Waals surface area contributed by atoms with Crippen LogP contribution in [0.2, 0.25) is 0 Å². The second-order valence-electron chi connectivity index (χ2n) is 6.04. The molecule has 2 N–H and O–H groups in total. The molecular formula is C14H26N4O. The van der Waals surface area contributed by atoms with Crippen LogP contribution in [0.4, 0.5) is 6.01 Å². The second-order valence-corrected chi connectivity index (χ2v) is 6.04. The van der Waals surface area contributed by atoms with Crippen molar-refractivity contribution in [3.8, 4) is 0 Å². The Kier molecular flexibility index (Phi) is 5.19. The maximum Gasteiger partial charge on any atom is 0.315 e. The van der Waals surface area contributed by atoms with E-state index >= 15 is 0 Å². The summed E-state index contributed by atoms with van der Waals surface area (Å²) in [7, 11) is 0. The van der Waals surface area contributed by atoms with Crippen molar-refractivity contribution < 1.29 is 4.42 Å². The predicted octanol–water partition coefficient (Wildman–Crippen LogP) is 2.81. The molecule has 0 amide bonds. The van der Waals surface area contributed by atoms with Crippen LogP contribution in [0.25, 0.3) is 0 Å². The standard InChI is InChI=1S/C14H26N4O/c1-10(2)8-15-9-13-17-18-14(19-13)16-12-7-5-4-6-11(12)3/h10-12,15H,4-9H2,1-3H3,(H,16,18).